The molecule has 1 aromatic heterocycles. The molecule has 3 N–H and O–H groups in total. The Morgan fingerprint density at radius 3 is 2.85 bits per heavy atom. The quantitative estimate of drug-likeness (QED) is 0.719. The second kappa shape index (κ2) is 6.40. The van der Waals surface area contributed by atoms with Crippen LogP contribution in [0.1, 0.15) is 25.0 Å². The summed E-state index contributed by atoms with van der Waals surface area (Å²) >= 11 is 0. The molecule has 2 amide bonds. The second-order valence-electron chi connectivity index (χ2n) is 5.30. The highest BCUT2D eigenvalue weighted by atomic mass is 16.4. The number of H-pyrrole nitrogens is 1. The second-order valence-corrected chi connectivity index (χ2v) is 5.30. The predicted molar refractivity (Wildman–Crippen MR) is 72.2 cm³/mol. The van der Waals surface area contributed by atoms with E-state index in [1.807, 2.05) is 0 Å². The molecule has 0 unspecified atom stereocenters. The Hall–Kier alpha value is -2.05. The minimum absolute atomic E-state index is 0.193. The van der Waals surface area contributed by atoms with Gasteiger partial charge < -0.3 is 20.3 Å². The van der Waals surface area contributed by atoms with E-state index in [0.717, 1.165) is 12.8 Å². The Balaban J connectivity index is 1.86. The van der Waals surface area contributed by atoms with Gasteiger partial charge in [-0.15, -0.1) is 0 Å². The first-order valence-electron chi connectivity index (χ1n) is 6.78. The van der Waals surface area contributed by atoms with Gasteiger partial charge in [-0.1, -0.05) is 6.42 Å². The van der Waals surface area contributed by atoms with Crippen molar-refractivity contribution >= 4 is 12.0 Å². The van der Waals surface area contributed by atoms with Crippen LogP contribution in [-0.2, 0) is 11.2 Å². The van der Waals surface area contributed by atoms with Gasteiger partial charge in [-0.2, -0.15) is 0 Å². The first-order chi connectivity index (χ1) is 9.56. The molecule has 0 saturated heterocycles. The number of rotatable bonds is 6. The lowest BCUT2D eigenvalue weighted by Crippen LogP contribution is -2.49. The van der Waals surface area contributed by atoms with Crippen molar-refractivity contribution < 1.29 is 14.7 Å². The zero-order valence-corrected chi connectivity index (χ0v) is 11.5. The highest BCUT2D eigenvalue weighted by Gasteiger charge is 2.25. The molecule has 1 fully saturated rings. The Kier molecular flexibility index (Phi) is 4.60. The lowest BCUT2D eigenvalue weighted by Gasteiger charge is -2.30. The minimum atomic E-state index is -1.05. The maximum absolute atomic E-state index is 12.0. The fraction of sp³-hybridized carbons (Fsp3) is 0.615. The maximum Gasteiger partial charge on any atom is 0.326 e. The summed E-state index contributed by atoms with van der Waals surface area (Å²) in [5.41, 5.74) is 0.680. The lowest BCUT2D eigenvalue weighted by molar-refractivity contribution is -0.139. The summed E-state index contributed by atoms with van der Waals surface area (Å²) in [4.78, 5) is 31.4. The van der Waals surface area contributed by atoms with E-state index in [9.17, 15) is 14.7 Å². The van der Waals surface area contributed by atoms with Crippen molar-refractivity contribution in [2.75, 3.05) is 13.6 Å². The van der Waals surface area contributed by atoms with Gasteiger partial charge in [-0.05, 0) is 18.8 Å². The number of hydrogen-bond acceptors (Lipinski definition) is 3. The summed E-state index contributed by atoms with van der Waals surface area (Å²) in [6.07, 6.45) is 6.75. The molecule has 1 aliphatic rings. The molecule has 0 aromatic carbocycles. The van der Waals surface area contributed by atoms with Crippen LogP contribution in [0.5, 0.6) is 0 Å². The third-order valence-corrected chi connectivity index (χ3v) is 3.68. The third-order valence-electron chi connectivity index (χ3n) is 3.68. The van der Waals surface area contributed by atoms with Crippen LogP contribution in [0.4, 0.5) is 4.79 Å². The van der Waals surface area contributed by atoms with Gasteiger partial charge in [0.2, 0.25) is 0 Å². The molecule has 20 heavy (non-hydrogen) atoms. The average molecular weight is 280 g/mol. The Morgan fingerprint density at radius 2 is 2.35 bits per heavy atom. The molecule has 0 aliphatic heterocycles. The van der Waals surface area contributed by atoms with E-state index in [1.54, 1.807) is 18.1 Å². The number of carbonyl (C=O) groups is 2. The molecule has 0 spiro atoms. The van der Waals surface area contributed by atoms with Gasteiger partial charge in [-0.25, -0.2) is 14.6 Å². The molecule has 7 nitrogen and oxygen atoms in total. The van der Waals surface area contributed by atoms with Gasteiger partial charge >= 0.3 is 12.0 Å². The summed E-state index contributed by atoms with van der Waals surface area (Å²) in [7, 11) is 1.70. The third kappa shape index (κ3) is 3.72. The molecule has 1 saturated carbocycles. The summed E-state index contributed by atoms with van der Waals surface area (Å²) < 4.78 is 0. The van der Waals surface area contributed by atoms with Crippen LogP contribution in [0.15, 0.2) is 12.5 Å². The van der Waals surface area contributed by atoms with Crippen LogP contribution < -0.4 is 5.32 Å². The van der Waals surface area contributed by atoms with Gasteiger partial charge in [0.25, 0.3) is 0 Å². The van der Waals surface area contributed by atoms with E-state index in [4.69, 9.17) is 0 Å². The minimum Gasteiger partial charge on any atom is -0.480 e. The van der Waals surface area contributed by atoms with Crippen LogP contribution >= 0.6 is 0 Å². The van der Waals surface area contributed by atoms with Crippen LogP contribution in [0.2, 0.25) is 0 Å². The fourth-order valence-corrected chi connectivity index (χ4v) is 2.22. The van der Waals surface area contributed by atoms with Crippen LogP contribution in [0.3, 0.4) is 0 Å². The molecule has 1 aliphatic carbocycles. The highest BCUT2D eigenvalue weighted by molar-refractivity contribution is 5.82. The normalized spacial score (nSPS) is 16.2. The smallest absolute Gasteiger partial charge is 0.326 e. The Bertz CT molecular complexity index is 456. The van der Waals surface area contributed by atoms with Crippen molar-refractivity contribution in [2.45, 2.75) is 31.7 Å². The first kappa shape index (κ1) is 14.4. The molecule has 0 radical (unpaired) electrons. The van der Waals surface area contributed by atoms with Crippen molar-refractivity contribution in [1.82, 2.24) is 20.2 Å². The standard InChI is InChI=1S/C13H20N4O3/c1-17(7-9-3-2-4-9)13(20)16-11(12(18)19)5-10-6-14-8-15-10/h6,8-9,11H,2-5,7H2,1H3,(H,14,15)(H,16,20)(H,18,19)/t11-/m1/s1. The zero-order valence-electron chi connectivity index (χ0n) is 11.5. The topological polar surface area (TPSA) is 98.3 Å². The van der Waals surface area contributed by atoms with Crippen molar-refractivity contribution in [3.05, 3.63) is 18.2 Å². The molecule has 1 atom stereocenters. The Morgan fingerprint density at radius 1 is 1.60 bits per heavy atom. The summed E-state index contributed by atoms with van der Waals surface area (Å²) in [6, 6.07) is -1.30. The van der Waals surface area contributed by atoms with Gasteiger partial charge in [0, 0.05) is 31.9 Å². The van der Waals surface area contributed by atoms with Gasteiger partial charge in [0.05, 0.1) is 6.33 Å². The number of carboxylic acid groups (broad SMARTS) is 1. The summed E-state index contributed by atoms with van der Waals surface area (Å²) in [5, 5.41) is 11.7. The SMILES string of the molecule is CN(CC1CCC1)C(=O)N[C@H](Cc1cnc[nH]1)C(=O)O. The number of nitrogens with zero attached hydrogens (tertiary/aromatic N) is 2. The Labute approximate surface area is 117 Å². The number of carbonyl (C=O) groups excluding carboxylic acids is 1. The molecule has 2 rings (SSSR count). The molecule has 1 heterocycles. The molecule has 110 valence electrons. The van der Waals surface area contributed by atoms with E-state index in [1.165, 1.54) is 12.7 Å². The zero-order chi connectivity index (χ0) is 14.5. The van der Waals surface area contributed by atoms with E-state index in [-0.39, 0.29) is 12.5 Å². The van der Waals surface area contributed by atoms with Crippen LogP contribution in [0.25, 0.3) is 0 Å². The van der Waals surface area contributed by atoms with Crippen molar-refractivity contribution in [2.24, 2.45) is 5.92 Å². The number of hydrogen-bond donors (Lipinski definition) is 3. The highest BCUT2D eigenvalue weighted by Crippen LogP contribution is 2.26. The van der Waals surface area contributed by atoms with Gasteiger partial charge in [0.15, 0.2) is 0 Å². The van der Waals surface area contributed by atoms with Crippen molar-refractivity contribution in [1.29, 1.82) is 0 Å². The number of amides is 2. The number of aromatic amines is 1. The molecule has 1 aromatic rings. The fourth-order valence-electron chi connectivity index (χ4n) is 2.22. The average Bonchev–Trinajstić information content (AvgIpc) is 2.85. The lowest BCUT2D eigenvalue weighted by atomic mass is 9.85. The van der Waals surface area contributed by atoms with Crippen molar-refractivity contribution in [3.63, 3.8) is 0 Å². The molecule has 7 heteroatoms. The molecular weight excluding hydrogens is 260 g/mol. The maximum atomic E-state index is 12.0. The number of imidazole rings is 1. The first-order valence-corrected chi connectivity index (χ1v) is 6.78. The number of urea groups is 1. The van der Waals surface area contributed by atoms with E-state index < -0.39 is 12.0 Å². The molecular formula is C13H20N4O3. The number of aliphatic carboxylic acids is 1. The number of aromatic nitrogens is 2. The van der Waals surface area contributed by atoms with Gasteiger partial charge in [-0.3, -0.25) is 0 Å². The predicted octanol–water partition coefficient (Wildman–Crippen LogP) is 0.847. The summed E-state index contributed by atoms with van der Waals surface area (Å²) in [6.45, 7) is 0.683. The van der Waals surface area contributed by atoms with Crippen LogP contribution in [0, 0.1) is 5.92 Å². The summed E-state index contributed by atoms with van der Waals surface area (Å²) in [5.74, 6) is -0.494. The largest absolute Gasteiger partial charge is 0.480 e. The van der Waals surface area contributed by atoms with E-state index in [0.29, 0.717) is 18.2 Å². The number of carboxylic acids is 1. The number of nitrogens with one attached hydrogen (secondary N) is 2. The van der Waals surface area contributed by atoms with Gasteiger partial charge in [0.1, 0.15) is 6.04 Å². The van der Waals surface area contributed by atoms with Crippen LogP contribution in [-0.4, -0.2) is 51.6 Å². The molecule has 0 bridgehead atoms. The van der Waals surface area contributed by atoms with E-state index >= 15 is 0 Å². The van der Waals surface area contributed by atoms with E-state index in [2.05, 4.69) is 15.3 Å². The monoisotopic (exact) mass is 280 g/mol. The van der Waals surface area contributed by atoms with Crippen molar-refractivity contribution in [3.8, 4) is 0 Å².